The summed E-state index contributed by atoms with van der Waals surface area (Å²) in [6.07, 6.45) is 3.94. The predicted molar refractivity (Wildman–Crippen MR) is 74.0 cm³/mol. The van der Waals surface area contributed by atoms with Crippen LogP contribution in [0, 0.1) is 0 Å². The minimum absolute atomic E-state index is 0.160. The van der Waals surface area contributed by atoms with Gasteiger partial charge >= 0.3 is 0 Å². The topological polar surface area (TPSA) is 43.4 Å². The number of allylic oxidation sites excluding steroid dienone is 4. The van der Waals surface area contributed by atoms with Gasteiger partial charge in [-0.2, -0.15) is 0 Å². The predicted octanol–water partition coefficient (Wildman–Crippen LogP) is 2.96. The Morgan fingerprint density at radius 3 is 2.47 bits per heavy atom. The molecule has 0 unspecified atom stereocenters. The van der Waals surface area contributed by atoms with Gasteiger partial charge in [0.1, 0.15) is 11.4 Å². The Hall–Kier alpha value is -2.16. The van der Waals surface area contributed by atoms with Crippen molar-refractivity contribution in [2.75, 3.05) is 0 Å². The van der Waals surface area contributed by atoms with Gasteiger partial charge in [0, 0.05) is 5.57 Å². The molecule has 1 aromatic carbocycles. The molecule has 0 aliphatic heterocycles. The molecule has 0 saturated carbocycles. The maximum Gasteiger partial charge on any atom is 0.186 e. The number of hydrogen-bond donors (Lipinski definition) is 0. The zero-order valence-electron chi connectivity index (χ0n) is 11.3. The summed E-state index contributed by atoms with van der Waals surface area (Å²) >= 11 is 0. The van der Waals surface area contributed by atoms with Crippen LogP contribution in [0.5, 0.6) is 5.75 Å². The van der Waals surface area contributed by atoms with E-state index >= 15 is 0 Å². The zero-order chi connectivity index (χ0) is 14.0. The molecule has 0 bridgehead atoms. The van der Waals surface area contributed by atoms with Crippen molar-refractivity contribution in [3.05, 3.63) is 48.1 Å². The van der Waals surface area contributed by atoms with E-state index in [1.807, 2.05) is 32.9 Å². The monoisotopic (exact) mass is 256 g/mol. The highest BCUT2D eigenvalue weighted by molar-refractivity contribution is 6.33. The molecule has 0 atom stereocenters. The van der Waals surface area contributed by atoms with Crippen LogP contribution in [0.2, 0.25) is 0 Å². The maximum atomic E-state index is 11.8. The molecule has 0 amide bonds. The van der Waals surface area contributed by atoms with Crippen LogP contribution in [0.1, 0.15) is 26.3 Å². The van der Waals surface area contributed by atoms with Crippen molar-refractivity contribution < 1.29 is 14.3 Å². The fourth-order valence-corrected chi connectivity index (χ4v) is 1.82. The minimum atomic E-state index is -0.306. The number of carbonyl (C=O) groups excluding carboxylic acids is 2. The van der Waals surface area contributed by atoms with Crippen LogP contribution in [0.4, 0.5) is 0 Å². The molecule has 0 heterocycles. The van der Waals surface area contributed by atoms with Crippen LogP contribution < -0.4 is 4.74 Å². The van der Waals surface area contributed by atoms with E-state index in [1.54, 1.807) is 12.1 Å². The lowest BCUT2D eigenvalue weighted by molar-refractivity contribution is -0.113. The Labute approximate surface area is 112 Å². The molecule has 0 saturated heterocycles. The summed E-state index contributed by atoms with van der Waals surface area (Å²) in [4.78, 5) is 23.1. The number of rotatable bonds is 2. The third kappa shape index (κ3) is 3.41. The highest BCUT2D eigenvalue weighted by Gasteiger charge is 2.17. The van der Waals surface area contributed by atoms with Crippen LogP contribution in [-0.2, 0) is 9.59 Å². The zero-order valence-corrected chi connectivity index (χ0v) is 11.3. The number of hydrogen-bond acceptors (Lipinski definition) is 3. The largest absolute Gasteiger partial charge is 0.488 e. The quantitative estimate of drug-likeness (QED) is 0.764. The molecular formula is C16H16O3. The maximum absolute atomic E-state index is 11.8. The van der Waals surface area contributed by atoms with E-state index in [9.17, 15) is 9.59 Å². The fraction of sp³-hybridized carbons (Fsp3) is 0.250. The summed E-state index contributed by atoms with van der Waals surface area (Å²) < 4.78 is 5.75. The summed E-state index contributed by atoms with van der Waals surface area (Å²) in [6, 6.07) is 7.22. The number of carbonyl (C=O) groups is 2. The van der Waals surface area contributed by atoms with Gasteiger partial charge in [-0.25, -0.2) is 0 Å². The molecule has 0 N–H and O–H groups in total. The van der Waals surface area contributed by atoms with Crippen molar-refractivity contribution >= 4 is 17.1 Å². The van der Waals surface area contributed by atoms with Crippen molar-refractivity contribution in [1.29, 1.82) is 0 Å². The van der Waals surface area contributed by atoms with Crippen molar-refractivity contribution in [3.8, 4) is 5.75 Å². The first kappa shape index (κ1) is 13.3. The Balaban J connectivity index is 2.34. The normalized spacial score (nSPS) is 15.4. The highest BCUT2D eigenvalue weighted by atomic mass is 16.5. The molecule has 1 aliphatic rings. The number of benzene rings is 1. The summed E-state index contributed by atoms with van der Waals surface area (Å²) in [6.45, 7) is 5.87. The van der Waals surface area contributed by atoms with E-state index in [1.165, 1.54) is 18.2 Å². The average molecular weight is 256 g/mol. The van der Waals surface area contributed by atoms with Gasteiger partial charge in [-0.05, 0) is 56.7 Å². The van der Waals surface area contributed by atoms with E-state index in [-0.39, 0.29) is 17.2 Å². The molecule has 0 aromatic heterocycles. The summed E-state index contributed by atoms with van der Waals surface area (Å²) in [5, 5.41) is 0. The van der Waals surface area contributed by atoms with Crippen molar-refractivity contribution in [2.45, 2.75) is 26.4 Å². The van der Waals surface area contributed by atoms with Gasteiger partial charge in [0.15, 0.2) is 11.6 Å². The van der Waals surface area contributed by atoms with Crippen molar-refractivity contribution in [1.82, 2.24) is 0 Å². The Kier molecular flexibility index (Phi) is 3.38. The van der Waals surface area contributed by atoms with Gasteiger partial charge in [0.05, 0.1) is 0 Å². The second-order valence-corrected chi connectivity index (χ2v) is 5.40. The summed E-state index contributed by atoms with van der Waals surface area (Å²) in [7, 11) is 0. The van der Waals surface area contributed by atoms with E-state index in [0.29, 0.717) is 16.9 Å². The molecule has 3 heteroatoms. The van der Waals surface area contributed by atoms with E-state index < -0.39 is 0 Å². The highest BCUT2D eigenvalue weighted by Crippen LogP contribution is 2.25. The number of ether oxygens (including phenoxy) is 1. The average Bonchev–Trinajstić information content (AvgIpc) is 2.30. The third-order valence-electron chi connectivity index (χ3n) is 2.52. The Morgan fingerprint density at radius 2 is 1.79 bits per heavy atom. The molecule has 0 radical (unpaired) electrons. The fourth-order valence-electron chi connectivity index (χ4n) is 1.82. The van der Waals surface area contributed by atoms with E-state index in [0.717, 1.165) is 0 Å². The molecule has 0 spiro atoms. The first-order chi connectivity index (χ1) is 8.85. The van der Waals surface area contributed by atoms with Crippen LogP contribution in [0.15, 0.2) is 42.5 Å². The lowest BCUT2D eigenvalue weighted by Gasteiger charge is -2.21. The third-order valence-corrected chi connectivity index (χ3v) is 2.52. The van der Waals surface area contributed by atoms with E-state index in [2.05, 4.69) is 0 Å². The molecular weight excluding hydrogens is 240 g/mol. The second kappa shape index (κ2) is 4.84. The van der Waals surface area contributed by atoms with Gasteiger partial charge in [-0.15, -0.1) is 0 Å². The first-order valence-electron chi connectivity index (χ1n) is 6.13. The molecule has 1 aromatic rings. The minimum Gasteiger partial charge on any atom is -0.488 e. The summed E-state index contributed by atoms with van der Waals surface area (Å²) in [5.74, 6) is 0.352. The van der Waals surface area contributed by atoms with Crippen LogP contribution >= 0.6 is 0 Å². The standard InChI is InChI=1S/C16H16O3/c1-16(2,3)19-13-6-4-5-11(9-13)14-10-12(17)7-8-15(14)18/h4-10H,1-3H3. The summed E-state index contributed by atoms with van der Waals surface area (Å²) in [5.41, 5.74) is 0.801. The molecule has 0 fully saturated rings. The van der Waals surface area contributed by atoms with E-state index in [4.69, 9.17) is 4.74 Å². The van der Waals surface area contributed by atoms with Gasteiger partial charge in [0.2, 0.25) is 0 Å². The van der Waals surface area contributed by atoms with Gasteiger partial charge < -0.3 is 4.74 Å². The van der Waals surface area contributed by atoms with Crippen LogP contribution in [0.25, 0.3) is 5.57 Å². The lowest BCUT2D eigenvalue weighted by atomic mass is 9.96. The first-order valence-corrected chi connectivity index (χ1v) is 6.13. The number of ketones is 2. The Morgan fingerprint density at radius 1 is 1.05 bits per heavy atom. The van der Waals surface area contributed by atoms with Gasteiger partial charge in [-0.1, -0.05) is 12.1 Å². The van der Waals surface area contributed by atoms with Crippen molar-refractivity contribution in [2.24, 2.45) is 0 Å². The van der Waals surface area contributed by atoms with Gasteiger partial charge in [0.25, 0.3) is 0 Å². The molecule has 2 rings (SSSR count). The molecule has 1 aliphatic carbocycles. The smallest absolute Gasteiger partial charge is 0.186 e. The van der Waals surface area contributed by atoms with Gasteiger partial charge in [-0.3, -0.25) is 9.59 Å². The lowest BCUT2D eigenvalue weighted by Crippen LogP contribution is -2.23. The second-order valence-electron chi connectivity index (χ2n) is 5.40. The molecule has 98 valence electrons. The molecule has 3 nitrogen and oxygen atoms in total. The van der Waals surface area contributed by atoms with Crippen molar-refractivity contribution in [3.63, 3.8) is 0 Å². The molecule has 19 heavy (non-hydrogen) atoms. The Bertz CT molecular complexity index is 586. The SMILES string of the molecule is CC(C)(C)Oc1cccc(C2=CC(=O)C=CC2=O)c1. The van der Waals surface area contributed by atoms with Crippen LogP contribution in [0.3, 0.4) is 0 Å². The van der Waals surface area contributed by atoms with Crippen LogP contribution in [-0.4, -0.2) is 17.2 Å².